The van der Waals surface area contributed by atoms with Gasteiger partial charge >= 0.3 is 0 Å². The van der Waals surface area contributed by atoms with E-state index in [0.717, 1.165) is 18.8 Å². The monoisotopic (exact) mass is 280 g/mol. The summed E-state index contributed by atoms with van der Waals surface area (Å²) >= 11 is 1.95. The van der Waals surface area contributed by atoms with Crippen LogP contribution in [0.2, 0.25) is 0 Å². The molecule has 1 fully saturated rings. The van der Waals surface area contributed by atoms with Crippen LogP contribution in [0.15, 0.2) is 12.1 Å². The van der Waals surface area contributed by atoms with Gasteiger partial charge in [-0.15, -0.1) is 11.3 Å². The van der Waals surface area contributed by atoms with Gasteiger partial charge < -0.3 is 0 Å². The van der Waals surface area contributed by atoms with Crippen molar-refractivity contribution in [1.29, 1.82) is 0 Å². The third kappa shape index (κ3) is 4.90. The number of hydrogen-bond acceptors (Lipinski definition) is 3. The fraction of sp³-hybridized carbons (Fsp3) is 0.750. The number of nitrogens with two attached hydrogens (primary N) is 1. The average Bonchev–Trinajstić information content (AvgIpc) is 2.73. The van der Waals surface area contributed by atoms with Gasteiger partial charge in [0, 0.05) is 15.8 Å². The van der Waals surface area contributed by atoms with Crippen molar-refractivity contribution in [3.63, 3.8) is 0 Å². The standard InChI is InChI=1S/C16H28N2S/c1-2-15-9-10-16(19-15)12-14(18-17)11-13-7-5-3-4-6-8-13/h9-10,13-14,18H,2-8,11-12,17H2,1H3. The van der Waals surface area contributed by atoms with Gasteiger partial charge in [0.05, 0.1) is 0 Å². The Hall–Kier alpha value is -0.380. The van der Waals surface area contributed by atoms with Crippen LogP contribution in [-0.4, -0.2) is 6.04 Å². The summed E-state index contributed by atoms with van der Waals surface area (Å²) in [4.78, 5) is 2.97. The maximum Gasteiger partial charge on any atom is 0.0261 e. The minimum absolute atomic E-state index is 0.450. The van der Waals surface area contributed by atoms with Crippen molar-refractivity contribution >= 4 is 11.3 Å². The van der Waals surface area contributed by atoms with Crippen molar-refractivity contribution in [2.24, 2.45) is 11.8 Å². The van der Waals surface area contributed by atoms with Crippen LogP contribution in [0.5, 0.6) is 0 Å². The molecule has 1 aliphatic rings. The molecule has 0 aliphatic heterocycles. The minimum atomic E-state index is 0.450. The Morgan fingerprint density at radius 2 is 1.89 bits per heavy atom. The van der Waals surface area contributed by atoms with Gasteiger partial charge in [-0.2, -0.15) is 0 Å². The van der Waals surface area contributed by atoms with Crippen LogP contribution in [0.3, 0.4) is 0 Å². The van der Waals surface area contributed by atoms with E-state index in [9.17, 15) is 0 Å². The topological polar surface area (TPSA) is 38.0 Å². The molecular weight excluding hydrogens is 252 g/mol. The molecule has 0 amide bonds. The van der Waals surface area contributed by atoms with E-state index >= 15 is 0 Å². The number of rotatable bonds is 6. The molecule has 108 valence electrons. The van der Waals surface area contributed by atoms with Gasteiger partial charge in [0.15, 0.2) is 0 Å². The van der Waals surface area contributed by atoms with Crippen LogP contribution < -0.4 is 11.3 Å². The summed E-state index contributed by atoms with van der Waals surface area (Å²) < 4.78 is 0. The quantitative estimate of drug-likeness (QED) is 0.469. The zero-order valence-electron chi connectivity index (χ0n) is 12.2. The van der Waals surface area contributed by atoms with E-state index in [0.29, 0.717) is 6.04 Å². The van der Waals surface area contributed by atoms with Crippen LogP contribution >= 0.6 is 11.3 Å². The summed E-state index contributed by atoms with van der Waals surface area (Å²) in [5.41, 5.74) is 3.05. The molecule has 3 heteroatoms. The molecule has 1 unspecified atom stereocenters. The first kappa shape index (κ1) is 15.0. The average molecular weight is 280 g/mol. The molecule has 0 bridgehead atoms. The number of hydrazine groups is 1. The molecule has 1 saturated carbocycles. The number of thiophene rings is 1. The normalized spacial score (nSPS) is 19.3. The van der Waals surface area contributed by atoms with Crippen molar-refractivity contribution in [3.8, 4) is 0 Å². The summed E-state index contributed by atoms with van der Waals surface area (Å²) in [6.07, 6.45) is 12.0. The lowest BCUT2D eigenvalue weighted by atomic mass is 9.91. The van der Waals surface area contributed by atoms with E-state index in [2.05, 4.69) is 24.5 Å². The lowest BCUT2D eigenvalue weighted by Gasteiger charge is -2.21. The molecule has 0 aromatic carbocycles. The molecule has 0 spiro atoms. The second kappa shape index (κ2) is 8.03. The molecule has 19 heavy (non-hydrogen) atoms. The van der Waals surface area contributed by atoms with Gasteiger partial charge in [-0.05, 0) is 37.3 Å². The Labute approximate surface area is 121 Å². The molecule has 3 N–H and O–H groups in total. The van der Waals surface area contributed by atoms with Crippen LogP contribution in [0.4, 0.5) is 0 Å². The molecule has 2 rings (SSSR count). The predicted molar refractivity (Wildman–Crippen MR) is 84.3 cm³/mol. The highest BCUT2D eigenvalue weighted by Gasteiger charge is 2.18. The van der Waals surface area contributed by atoms with Crippen molar-refractivity contribution in [2.45, 2.75) is 70.8 Å². The summed E-state index contributed by atoms with van der Waals surface area (Å²) in [7, 11) is 0. The Kier molecular flexibility index (Phi) is 6.35. The lowest BCUT2D eigenvalue weighted by molar-refractivity contribution is 0.353. The second-order valence-corrected chi connectivity index (χ2v) is 7.14. The first-order valence-electron chi connectivity index (χ1n) is 7.85. The highest BCUT2D eigenvalue weighted by atomic mass is 32.1. The smallest absolute Gasteiger partial charge is 0.0261 e. The van der Waals surface area contributed by atoms with Crippen molar-refractivity contribution < 1.29 is 0 Å². The van der Waals surface area contributed by atoms with Crippen LogP contribution in [0.1, 0.15) is 61.6 Å². The predicted octanol–water partition coefficient (Wildman–Crippen LogP) is 4.05. The third-order valence-corrected chi connectivity index (χ3v) is 5.59. The highest BCUT2D eigenvalue weighted by Crippen LogP contribution is 2.28. The summed E-state index contributed by atoms with van der Waals surface area (Å²) in [5, 5.41) is 0. The fourth-order valence-electron chi connectivity index (χ4n) is 3.18. The molecule has 1 aromatic rings. The molecule has 0 saturated heterocycles. The van der Waals surface area contributed by atoms with E-state index in [1.807, 2.05) is 11.3 Å². The lowest BCUT2D eigenvalue weighted by Crippen LogP contribution is -2.38. The van der Waals surface area contributed by atoms with Crippen molar-refractivity contribution in [2.75, 3.05) is 0 Å². The molecule has 1 aromatic heterocycles. The number of aryl methyl sites for hydroxylation is 1. The third-order valence-electron chi connectivity index (χ3n) is 4.34. The van der Waals surface area contributed by atoms with E-state index in [1.165, 1.54) is 54.7 Å². The van der Waals surface area contributed by atoms with E-state index in [-0.39, 0.29) is 0 Å². The largest absolute Gasteiger partial charge is 0.271 e. The van der Waals surface area contributed by atoms with Gasteiger partial charge in [-0.1, -0.05) is 45.4 Å². The second-order valence-electron chi connectivity index (χ2n) is 5.88. The molecule has 0 radical (unpaired) electrons. The van der Waals surface area contributed by atoms with Gasteiger partial charge in [0.1, 0.15) is 0 Å². The first-order valence-corrected chi connectivity index (χ1v) is 8.67. The minimum Gasteiger partial charge on any atom is -0.271 e. The first-order chi connectivity index (χ1) is 9.31. The molecule has 2 nitrogen and oxygen atoms in total. The van der Waals surface area contributed by atoms with Crippen LogP contribution in [0.25, 0.3) is 0 Å². The molecule has 1 heterocycles. The van der Waals surface area contributed by atoms with Crippen molar-refractivity contribution in [3.05, 3.63) is 21.9 Å². The van der Waals surface area contributed by atoms with Gasteiger partial charge in [0.2, 0.25) is 0 Å². The Balaban J connectivity index is 1.84. The number of hydrogen-bond donors (Lipinski definition) is 2. The maximum atomic E-state index is 5.77. The van der Waals surface area contributed by atoms with Crippen LogP contribution in [-0.2, 0) is 12.8 Å². The maximum absolute atomic E-state index is 5.77. The SMILES string of the molecule is CCc1ccc(CC(CC2CCCCCC2)NN)s1. The summed E-state index contributed by atoms with van der Waals surface area (Å²) in [6, 6.07) is 4.99. The zero-order valence-corrected chi connectivity index (χ0v) is 13.0. The van der Waals surface area contributed by atoms with Gasteiger partial charge in [-0.25, -0.2) is 0 Å². The fourth-order valence-corrected chi connectivity index (χ4v) is 4.21. The summed E-state index contributed by atoms with van der Waals surface area (Å²) in [5.74, 6) is 6.65. The van der Waals surface area contributed by atoms with Crippen molar-refractivity contribution in [1.82, 2.24) is 5.43 Å². The van der Waals surface area contributed by atoms with Gasteiger partial charge in [-0.3, -0.25) is 11.3 Å². The van der Waals surface area contributed by atoms with E-state index < -0.39 is 0 Å². The van der Waals surface area contributed by atoms with E-state index in [1.54, 1.807) is 0 Å². The summed E-state index contributed by atoms with van der Waals surface area (Å²) in [6.45, 7) is 2.22. The number of nitrogens with one attached hydrogen (secondary N) is 1. The Morgan fingerprint density at radius 1 is 1.21 bits per heavy atom. The van der Waals surface area contributed by atoms with E-state index in [4.69, 9.17) is 5.84 Å². The molecule has 1 aliphatic carbocycles. The Morgan fingerprint density at radius 3 is 2.47 bits per heavy atom. The highest BCUT2D eigenvalue weighted by molar-refractivity contribution is 7.11. The molecular formula is C16H28N2S. The molecule has 1 atom stereocenters. The van der Waals surface area contributed by atoms with Crippen LogP contribution in [0, 0.1) is 5.92 Å². The van der Waals surface area contributed by atoms with Gasteiger partial charge in [0.25, 0.3) is 0 Å². The Bertz CT molecular complexity index is 353. The zero-order chi connectivity index (χ0) is 13.5.